The topological polar surface area (TPSA) is 3.24 Å². The molecule has 66 valence electrons. The van der Waals surface area contributed by atoms with Gasteiger partial charge in [-0.1, -0.05) is 15.9 Å². The van der Waals surface area contributed by atoms with E-state index >= 15 is 0 Å². The van der Waals surface area contributed by atoms with Gasteiger partial charge in [0.25, 0.3) is 0 Å². The zero-order chi connectivity index (χ0) is 8.48. The van der Waals surface area contributed by atoms with Crippen LogP contribution in [0.5, 0.6) is 0 Å². The minimum Gasteiger partial charge on any atom is -0.303 e. The molecule has 11 heavy (non-hydrogen) atoms. The lowest BCUT2D eigenvalue weighted by Gasteiger charge is -2.25. The minimum absolute atomic E-state index is 0.638. The van der Waals surface area contributed by atoms with E-state index in [1.165, 1.54) is 24.7 Å². The van der Waals surface area contributed by atoms with Crippen LogP contribution in [0.3, 0.4) is 0 Å². The molecule has 0 spiro atoms. The number of hydrogen-bond donors (Lipinski definition) is 0. The average Bonchev–Trinajstić information content (AvgIpc) is 2.69. The Kier molecular flexibility index (Phi) is 2.98. The lowest BCUT2D eigenvalue weighted by Crippen LogP contribution is -2.33. The molecule has 0 saturated heterocycles. The Labute approximate surface area is 78.3 Å². The molecule has 1 nitrogen and oxygen atoms in total. The Balaban J connectivity index is 2.30. The van der Waals surface area contributed by atoms with Gasteiger partial charge in [-0.3, -0.25) is 0 Å². The van der Waals surface area contributed by atoms with Crippen molar-refractivity contribution in [2.45, 2.75) is 32.7 Å². The Morgan fingerprint density at radius 2 is 2.00 bits per heavy atom. The van der Waals surface area contributed by atoms with Crippen molar-refractivity contribution in [3.63, 3.8) is 0 Å². The summed E-state index contributed by atoms with van der Waals surface area (Å²) in [4.78, 5) is 2.44. The van der Waals surface area contributed by atoms with Crippen LogP contribution in [0.2, 0.25) is 0 Å². The largest absolute Gasteiger partial charge is 0.303 e. The highest BCUT2D eigenvalue weighted by Gasteiger charge is 2.42. The molecule has 0 heterocycles. The molecule has 1 rings (SSSR count). The summed E-state index contributed by atoms with van der Waals surface area (Å²) in [5.74, 6) is 0. The lowest BCUT2D eigenvalue weighted by molar-refractivity contribution is 0.230. The van der Waals surface area contributed by atoms with Gasteiger partial charge in [0.1, 0.15) is 0 Å². The second-order valence-electron chi connectivity index (χ2n) is 4.14. The molecule has 0 unspecified atom stereocenters. The van der Waals surface area contributed by atoms with E-state index in [0.29, 0.717) is 11.5 Å². The molecule has 0 aromatic rings. The molecule has 1 aliphatic rings. The van der Waals surface area contributed by atoms with Crippen LogP contribution in [0.1, 0.15) is 26.7 Å². The Morgan fingerprint density at radius 1 is 1.45 bits per heavy atom. The normalized spacial score (nSPS) is 21.3. The molecule has 1 aliphatic carbocycles. The van der Waals surface area contributed by atoms with Crippen LogP contribution < -0.4 is 0 Å². The van der Waals surface area contributed by atoms with Gasteiger partial charge in [0.05, 0.1) is 0 Å². The average molecular weight is 220 g/mol. The highest BCUT2D eigenvalue weighted by Crippen LogP contribution is 2.47. The van der Waals surface area contributed by atoms with Crippen molar-refractivity contribution in [1.29, 1.82) is 0 Å². The molecule has 1 fully saturated rings. The first-order valence-electron chi connectivity index (χ1n) is 4.36. The standard InChI is InChI=1S/C9H18BrN/c1-8(2)11(3)7-9(6-10)4-5-9/h8H,4-7H2,1-3H3. The summed E-state index contributed by atoms with van der Waals surface area (Å²) in [7, 11) is 2.22. The highest BCUT2D eigenvalue weighted by molar-refractivity contribution is 9.09. The van der Waals surface area contributed by atoms with E-state index < -0.39 is 0 Å². The fraction of sp³-hybridized carbons (Fsp3) is 1.00. The van der Waals surface area contributed by atoms with E-state index in [4.69, 9.17) is 0 Å². The number of nitrogens with zero attached hydrogens (tertiary/aromatic N) is 1. The van der Waals surface area contributed by atoms with Crippen LogP contribution in [-0.2, 0) is 0 Å². The third kappa shape index (κ3) is 2.45. The summed E-state index contributed by atoms with van der Waals surface area (Å²) < 4.78 is 0. The minimum atomic E-state index is 0.638. The van der Waals surface area contributed by atoms with E-state index in [0.717, 1.165) is 0 Å². The maximum atomic E-state index is 3.58. The van der Waals surface area contributed by atoms with E-state index in [1.54, 1.807) is 0 Å². The summed E-state index contributed by atoms with van der Waals surface area (Å²) in [5.41, 5.74) is 0.638. The van der Waals surface area contributed by atoms with E-state index in [2.05, 4.69) is 41.7 Å². The molecular formula is C9H18BrN. The quantitative estimate of drug-likeness (QED) is 0.658. The predicted molar refractivity (Wildman–Crippen MR) is 53.2 cm³/mol. The van der Waals surface area contributed by atoms with Crippen LogP contribution in [0.4, 0.5) is 0 Å². The third-order valence-electron chi connectivity index (χ3n) is 2.71. The van der Waals surface area contributed by atoms with Gasteiger partial charge >= 0.3 is 0 Å². The van der Waals surface area contributed by atoms with E-state index in [9.17, 15) is 0 Å². The zero-order valence-electron chi connectivity index (χ0n) is 7.73. The predicted octanol–water partition coefficient (Wildman–Crippen LogP) is 2.50. The molecule has 0 aliphatic heterocycles. The highest BCUT2D eigenvalue weighted by atomic mass is 79.9. The van der Waals surface area contributed by atoms with Gasteiger partial charge in [-0.2, -0.15) is 0 Å². The van der Waals surface area contributed by atoms with Gasteiger partial charge in [0.2, 0.25) is 0 Å². The smallest absolute Gasteiger partial charge is 0.0100 e. The summed E-state index contributed by atoms with van der Waals surface area (Å²) in [5, 5.41) is 1.18. The van der Waals surface area contributed by atoms with Gasteiger partial charge in [0, 0.05) is 17.9 Å². The Bertz CT molecular complexity index is 130. The van der Waals surface area contributed by atoms with Crippen molar-refractivity contribution in [3.05, 3.63) is 0 Å². The number of rotatable bonds is 4. The molecule has 0 aromatic heterocycles. The summed E-state index contributed by atoms with van der Waals surface area (Å²) in [6, 6.07) is 0.687. The number of alkyl halides is 1. The first-order chi connectivity index (χ1) is 5.09. The van der Waals surface area contributed by atoms with Crippen LogP contribution in [0.15, 0.2) is 0 Å². The maximum Gasteiger partial charge on any atom is 0.0100 e. The van der Waals surface area contributed by atoms with E-state index in [-0.39, 0.29) is 0 Å². The first kappa shape index (κ1) is 9.53. The summed E-state index contributed by atoms with van der Waals surface area (Å²) >= 11 is 3.58. The number of hydrogen-bond acceptors (Lipinski definition) is 1. The van der Waals surface area contributed by atoms with Gasteiger partial charge < -0.3 is 4.90 Å². The monoisotopic (exact) mass is 219 g/mol. The van der Waals surface area contributed by atoms with Crippen molar-refractivity contribution < 1.29 is 0 Å². The summed E-state index contributed by atoms with van der Waals surface area (Å²) in [6.45, 7) is 5.77. The molecule has 0 aromatic carbocycles. The maximum absolute atomic E-state index is 3.58. The van der Waals surface area contributed by atoms with Gasteiger partial charge in [0.15, 0.2) is 0 Å². The third-order valence-corrected chi connectivity index (χ3v) is 3.90. The Hall–Kier alpha value is 0.440. The van der Waals surface area contributed by atoms with Crippen molar-refractivity contribution in [1.82, 2.24) is 4.90 Å². The fourth-order valence-electron chi connectivity index (χ4n) is 1.22. The van der Waals surface area contributed by atoms with Crippen LogP contribution in [0.25, 0.3) is 0 Å². The molecular weight excluding hydrogens is 202 g/mol. The molecule has 0 N–H and O–H groups in total. The molecule has 0 radical (unpaired) electrons. The van der Waals surface area contributed by atoms with Gasteiger partial charge in [-0.05, 0) is 39.2 Å². The second-order valence-corrected chi connectivity index (χ2v) is 4.70. The second kappa shape index (κ2) is 3.44. The molecule has 0 atom stereocenters. The molecule has 0 amide bonds. The molecule has 0 bridgehead atoms. The summed E-state index contributed by atoms with van der Waals surface area (Å²) in [6.07, 6.45) is 2.82. The Morgan fingerprint density at radius 3 is 2.27 bits per heavy atom. The van der Waals surface area contributed by atoms with Crippen molar-refractivity contribution >= 4 is 15.9 Å². The van der Waals surface area contributed by atoms with Gasteiger partial charge in [-0.25, -0.2) is 0 Å². The molecule has 1 saturated carbocycles. The van der Waals surface area contributed by atoms with E-state index in [1.807, 2.05) is 0 Å². The fourth-order valence-corrected chi connectivity index (χ4v) is 1.96. The van der Waals surface area contributed by atoms with Crippen LogP contribution >= 0.6 is 15.9 Å². The van der Waals surface area contributed by atoms with Crippen LogP contribution in [-0.4, -0.2) is 29.9 Å². The number of halogens is 1. The van der Waals surface area contributed by atoms with Crippen molar-refractivity contribution in [2.24, 2.45) is 5.41 Å². The van der Waals surface area contributed by atoms with Crippen molar-refractivity contribution in [3.8, 4) is 0 Å². The SMILES string of the molecule is CC(C)N(C)CC1(CBr)CC1. The zero-order valence-corrected chi connectivity index (χ0v) is 9.32. The van der Waals surface area contributed by atoms with Gasteiger partial charge in [-0.15, -0.1) is 0 Å². The first-order valence-corrected chi connectivity index (χ1v) is 5.48. The lowest BCUT2D eigenvalue weighted by atomic mass is 10.1. The van der Waals surface area contributed by atoms with Crippen molar-refractivity contribution in [2.75, 3.05) is 18.9 Å². The molecule has 2 heteroatoms. The van der Waals surface area contributed by atoms with Crippen LogP contribution in [0, 0.1) is 5.41 Å².